The second-order valence-corrected chi connectivity index (χ2v) is 13.4. The molecule has 4 saturated heterocycles. The van der Waals surface area contributed by atoms with Crippen molar-refractivity contribution < 1.29 is 32.1 Å². The number of benzene rings is 3. The van der Waals surface area contributed by atoms with Crippen molar-refractivity contribution >= 4 is 27.5 Å². The Morgan fingerprint density at radius 1 is 1.04 bits per heavy atom. The van der Waals surface area contributed by atoms with Crippen molar-refractivity contribution in [1.82, 2.24) is 14.9 Å². The fourth-order valence-electron chi connectivity index (χ4n) is 8.39. The Morgan fingerprint density at radius 2 is 1.87 bits per heavy atom. The molecule has 3 aromatic carbocycles. The third-order valence-electron chi connectivity index (χ3n) is 10.7. The number of hydrogen-bond donors (Lipinski definition) is 1. The maximum atomic E-state index is 16.9. The number of nitrogens with zero attached hydrogens (tertiary/aromatic N) is 4. The summed E-state index contributed by atoms with van der Waals surface area (Å²) in [6.07, 6.45) is 4.01. The van der Waals surface area contributed by atoms with Crippen LogP contribution in [0.3, 0.4) is 0 Å². The number of aromatic nitrogens is 2. The molecule has 0 bridgehead atoms. The van der Waals surface area contributed by atoms with Gasteiger partial charge in [0.2, 0.25) is 0 Å². The van der Waals surface area contributed by atoms with Crippen LogP contribution in [-0.4, -0.2) is 76.7 Å². The van der Waals surface area contributed by atoms with Gasteiger partial charge < -0.3 is 19.5 Å². The number of fused-ring (bicyclic) bond motifs is 3. The van der Waals surface area contributed by atoms with Gasteiger partial charge in [-0.2, -0.15) is 9.97 Å². The van der Waals surface area contributed by atoms with Gasteiger partial charge in [0.15, 0.2) is 5.82 Å². The predicted octanol–water partition coefficient (Wildman–Crippen LogP) is 6.85. The van der Waals surface area contributed by atoms with Gasteiger partial charge in [0, 0.05) is 37.9 Å². The Hall–Kier alpha value is -3.70. The zero-order chi connectivity index (χ0) is 31.8. The minimum absolute atomic E-state index is 0.0334. The molecule has 8 rings (SSSR count). The number of alkyl halides is 1. The smallest absolute Gasteiger partial charge is 0.319 e. The van der Waals surface area contributed by atoms with Crippen molar-refractivity contribution in [3.63, 3.8) is 0 Å². The molecule has 4 aromatic rings. The molecule has 0 radical (unpaired) electrons. The van der Waals surface area contributed by atoms with E-state index in [4.69, 9.17) is 14.5 Å². The Balaban J connectivity index is 1.30. The first kappa shape index (κ1) is 29.7. The Morgan fingerprint density at radius 3 is 2.65 bits per heavy atom. The van der Waals surface area contributed by atoms with Crippen LogP contribution in [0, 0.1) is 17.5 Å². The molecule has 4 aliphatic rings. The number of ether oxygens (including phenoxy) is 2. The Kier molecular flexibility index (Phi) is 7.06. The van der Waals surface area contributed by atoms with Crippen LogP contribution in [-0.2, 0) is 11.2 Å². The molecular formula is C35H36F4N4O3. The summed E-state index contributed by atoms with van der Waals surface area (Å²) < 4.78 is 74.8. The molecule has 5 heterocycles. The van der Waals surface area contributed by atoms with E-state index in [9.17, 15) is 13.9 Å². The average molecular weight is 637 g/mol. The van der Waals surface area contributed by atoms with Crippen LogP contribution < -0.4 is 9.64 Å². The Labute approximate surface area is 264 Å². The second kappa shape index (κ2) is 10.9. The topological polar surface area (TPSA) is 71.0 Å². The number of rotatable bonds is 6. The van der Waals surface area contributed by atoms with Crippen molar-refractivity contribution in [2.75, 3.05) is 44.3 Å². The van der Waals surface area contributed by atoms with Crippen molar-refractivity contribution in [1.29, 1.82) is 0 Å². The molecular weight excluding hydrogens is 600 g/mol. The second-order valence-electron chi connectivity index (χ2n) is 13.4. The lowest BCUT2D eigenvalue weighted by Gasteiger charge is -2.48. The average Bonchev–Trinajstić information content (AvgIpc) is 3.55. The van der Waals surface area contributed by atoms with Crippen molar-refractivity contribution in [3.05, 3.63) is 53.3 Å². The lowest BCUT2D eigenvalue weighted by Crippen LogP contribution is -2.56. The maximum Gasteiger partial charge on any atom is 0.319 e. The van der Waals surface area contributed by atoms with Crippen LogP contribution in [0.15, 0.2) is 30.3 Å². The SMILES string of the molecule is CCc1c(F)ccc2cc(O)cc(-c3c(F)cc4c(N5CCCC6(CCO6)C5)nc(OC[C@@]56CCCN5C[C@H](F)C6)nc4c3F)c12. The number of anilines is 1. The normalized spacial score (nSPS) is 26.3. The largest absolute Gasteiger partial charge is 0.508 e. The van der Waals surface area contributed by atoms with Crippen LogP contribution in [0.1, 0.15) is 51.0 Å². The number of piperidine rings is 1. The van der Waals surface area contributed by atoms with Crippen LogP contribution in [0.25, 0.3) is 32.8 Å². The summed E-state index contributed by atoms with van der Waals surface area (Å²) in [5, 5.41) is 11.5. The molecule has 4 aliphatic heterocycles. The molecule has 4 fully saturated rings. The van der Waals surface area contributed by atoms with Crippen LogP contribution in [0.5, 0.6) is 11.8 Å². The molecule has 0 amide bonds. The van der Waals surface area contributed by atoms with E-state index in [0.29, 0.717) is 54.8 Å². The van der Waals surface area contributed by atoms with Crippen molar-refractivity contribution in [2.45, 2.75) is 69.2 Å². The van der Waals surface area contributed by atoms with Crippen molar-refractivity contribution in [3.8, 4) is 22.9 Å². The molecule has 46 heavy (non-hydrogen) atoms. The summed E-state index contributed by atoms with van der Waals surface area (Å²) in [6, 6.07) is 6.64. The highest BCUT2D eigenvalue weighted by molar-refractivity contribution is 6.03. The summed E-state index contributed by atoms with van der Waals surface area (Å²) in [6.45, 7) is 4.86. The molecule has 1 unspecified atom stereocenters. The minimum Gasteiger partial charge on any atom is -0.508 e. The van der Waals surface area contributed by atoms with E-state index in [2.05, 4.69) is 9.88 Å². The van der Waals surface area contributed by atoms with Gasteiger partial charge in [-0.05, 0) is 84.8 Å². The third kappa shape index (κ3) is 4.68. The first-order valence-corrected chi connectivity index (χ1v) is 16.2. The number of aromatic hydroxyl groups is 1. The first-order valence-electron chi connectivity index (χ1n) is 16.2. The lowest BCUT2D eigenvalue weighted by molar-refractivity contribution is -0.151. The van der Waals surface area contributed by atoms with Gasteiger partial charge in [0.05, 0.1) is 23.3 Å². The fourth-order valence-corrected chi connectivity index (χ4v) is 8.39. The van der Waals surface area contributed by atoms with Crippen molar-refractivity contribution in [2.24, 2.45) is 0 Å². The van der Waals surface area contributed by atoms with E-state index in [1.165, 1.54) is 30.3 Å². The molecule has 0 saturated carbocycles. The quantitative estimate of drug-likeness (QED) is 0.232. The zero-order valence-corrected chi connectivity index (χ0v) is 25.7. The number of hydrogen-bond acceptors (Lipinski definition) is 7. The zero-order valence-electron chi connectivity index (χ0n) is 25.7. The van der Waals surface area contributed by atoms with Gasteiger partial charge in [0.1, 0.15) is 41.5 Å². The molecule has 1 aromatic heterocycles. The highest BCUT2D eigenvalue weighted by Crippen LogP contribution is 2.44. The van der Waals surface area contributed by atoms with Gasteiger partial charge in [-0.3, -0.25) is 4.90 Å². The van der Waals surface area contributed by atoms with Gasteiger partial charge in [-0.15, -0.1) is 0 Å². The van der Waals surface area contributed by atoms with E-state index in [-0.39, 0.29) is 46.9 Å². The summed E-state index contributed by atoms with van der Waals surface area (Å²) in [4.78, 5) is 13.3. The standard InChI is InChI=1S/C35H36F4N4O3/c1-2-23-26(37)6-5-20-13-22(44)14-24(28(20)23)29-27(38)15-25-31(30(29)39)40-33(45-19-34-7-3-11-43(34)17-21(36)16-34)41-32(25)42-10-4-8-35(18-42)9-12-46-35/h5-6,13-15,21,44H,2-4,7-12,16-19H2,1H3/t21-,34+,35?/m1/s1. The summed E-state index contributed by atoms with van der Waals surface area (Å²) >= 11 is 0. The van der Waals surface area contributed by atoms with E-state index in [0.717, 1.165) is 38.6 Å². The van der Waals surface area contributed by atoms with E-state index in [1.807, 2.05) is 4.90 Å². The monoisotopic (exact) mass is 636 g/mol. The van der Waals surface area contributed by atoms with Crippen LogP contribution in [0.2, 0.25) is 0 Å². The van der Waals surface area contributed by atoms with E-state index in [1.54, 1.807) is 6.92 Å². The molecule has 0 aliphatic carbocycles. The van der Waals surface area contributed by atoms with Crippen LogP contribution >= 0.6 is 0 Å². The molecule has 11 heteroatoms. The molecule has 3 atom stereocenters. The summed E-state index contributed by atoms with van der Waals surface area (Å²) in [7, 11) is 0. The van der Waals surface area contributed by atoms with Gasteiger partial charge in [0.25, 0.3) is 0 Å². The van der Waals surface area contributed by atoms with Crippen LogP contribution in [0.4, 0.5) is 23.4 Å². The highest BCUT2D eigenvalue weighted by Gasteiger charge is 2.49. The predicted molar refractivity (Wildman–Crippen MR) is 167 cm³/mol. The van der Waals surface area contributed by atoms with Gasteiger partial charge in [-0.25, -0.2) is 17.6 Å². The van der Waals surface area contributed by atoms with Gasteiger partial charge in [-0.1, -0.05) is 13.0 Å². The molecule has 242 valence electrons. The number of phenolic OH excluding ortho intramolecular Hbond substituents is 1. The third-order valence-corrected chi connectivity index (χ3v) is 10.7. The fraction of sp³-hybridized carbons (Fsp3) is 0.486. The minimum atomic E-state index is -0.960. The molecule has 1 spiro atoms. The number of halogens is 4. The summed E-state index contributed by atoms with van der Waals surface area (Å²) in [5.74, 6) is -2.20. The van der Waals surface area contributed by atoms with E-state index >= 15 is 8.78 Å². The molecule has 7 nitrogen and oxygen atoms in total. The van der Waals surface area contributed by atoms with Gasteiger partial charge >= 0.3 is 6.01 Å². The Bertz CT molecular complexity index is 1870. The number of phenols is 1. The maximum absolute atomic E-state index is 16.9. The summed E-state index contributed by atoms with van der Waals surface area (Å²) in [5.41, 5.74) is -1.03. The first-order chi connectivity index (χ1) is 22.2. The highest BCUT2D eigenvalue weighted by atomic mass is 19.1. The van der Waals surface area contributed by atoms with E-state index < -0.39 is 34.7 Å². The number of aryl methyl sites for hydroxylation is 1. The lowest BCUT2D eigenvalue weighted by atomic mass is 9.85. The molecule has 1 N–H and O–H groups in total.